The second-order valence-corrected chi connectivity index (χ2v) is 6.34. The van der Waals surface area contributed by atoms with Crippen molar-refractivity contribution in [2.45, 2.75) is 50.0 Å². The van der Waals surface area contributed by atoms with Gasteiger partial charge in [-0.3, -0.25) is 9.59 Å². The Morgan fingerprint density at radius 1 is 1.26 bits per heavy atom. The van der Waals surface area contributed by atoms with Gasteiger partial charge in [-0.05, 0) is 24.1 Å². The van der Waals surface area contributed by atoms with Gasteiger partial charge in [0.1, 0.15) is 36.1 Å². The Labute approximate surface area is 155 Å². The number of aliphatic carboxylic acids is 1. The van der Waals surface area contributed by atoms with Crippen LogP contribution < -0.4 is 15.8 Å². The predicted molar refractivity (Wildman–Crippen MR) is 91.8 cm³/mol. The fourth-order valence-corrected chi connectivity index (χ4v) is 2.75. The van der Waals surface area contributed by atoms with Crippen LogP contribution in [-0.4, -0.2) is 75.6 Å². The number of amides is 1. The summed E-state index contributed by atoms with van der Waals surface area (Å²) in [7, 11) is 0. The van der Waals surface area contributed by atoms with Crippen LogP contribution in [0.15, 0.2) is 24.3 Å². The highest BCUT2D eigenvalue weighted by Crippen LogP contribution is 2.25. The summed E-state index contributed by atoms with van der Waals surface area (Å²) in [6.45, 7) is 0.700. The first kappa shape index (κ1) is 21.1. The summed E-state index contributed by atoms with van der Waals surface area (Å²) in [6, 6.07) is 4.30. The highest BCUT2D eigenvalue weighted by molar-refractivity contribution is 5.73. The largest absolute Gasteiger partial charge is 0.480 e. The summed E-state index contributed by atoms with van der Waals surface area (Å²) in [5.74, 6) is -1.24. The van der Waals surface area contributed by atoms with Gasteiger partial charge in [-0.1, -0.05) is 12.1 Å². The van der Waals surface area contributed by atoms with E-state index in [1.165, 1.54) is 6.92 Å². The first-order valence-corrected chi connectivity index (χ1v) is 8.36. The van der Waals surface area contributed by atoms with Crippen LogP contribution in [-0.2, 0) is 20.7 Å². The molecule has 6 atom stereocenters. The average Bonchev–Trinajstić information content (AvgIpc) is 2.62. The number of carboxylic acid groups (broad SMARTS) is 1. The summed E-state index contributed by atoms with van der Waals surface area (Å²) in [5, 5.41) is 40.8. The van der Waals surface area contributed by atoms with Crippen molar-refractivity contribution >= 4 is 11.9 Å². The van der Waals surface area contributed by atoms with Crippen molar-refractivity contribution < 1.29 is 39.5 Å². The molecule has 1 aliphatic heterocycles. The molecule has 0 bridgehead atoms. The van der Waals surface area contributed by atoms with E-state index in [1.54, 1.807) is 24.3 Å². The zero-order chi connectivity index (χ0) is 20.1. The van der Waals surface area contributed by atoms with Crippen LogP contribution >= 0.6 is 0 Å². The lowest BCUT2D eigenvalue weighted by atomic mass is 9.97. The summed E-state index contributed by atoms with van der Waals surface area (Å²) in [6.07, 6.45) is -4.90. The normalized spacial score (nSPS) is 29.0. The average molecular weight is 384 g/mol. The number of carbonyl (C=O) groups is 2. The molecule has 1 aromatic rings. The number of ether oxygens (including phenoxy) is 2. The van der Waals surface area contributed by atoms with E-state index in [4.69, 9.17) is 20.3 Å². The van der Waals surface area contributed by atoms with E-state index < -0.39 is 55.2 Å². The number of nitrogens with one attached hydrogen (secondary N) is 1. The Hall–Kier alpha value is -2.24. The fourth-order valence-electron chi connectivity index (χ4n) is 2.75. The minimum absolute atomic E-state index is 0.140. The Morgan fingerprint density at radius 3 is 2.41 bits per heavy atom. The number of aliphatic hydroxyl groups excluding tert-OH is 3. The van der Waals surface area contributed by atoms with Gasteiger partial charge in [0.05, 0.1) is 6.61 Å². The second kappa shape index (κ2) is 9.11. The molecule has 2 rings (SSSR count). The number of rotatable bonds is 7. The molecule has 0 saturated carbocycles. The molecule has 0 aliphatic carbocycles. The van der Waals surface area contributed by atoms with E-state index in [2.05, 4.69) is 5.32 Å². The molecular weight excluding hydrogens is 360 g/mol. The molecule has 0 spiro atoms. The third-order valence-electron chi connectivity index (χ3n) is 4.20. The second-order valence-electron chi connectivity index (χ2n) is 6.34. The molecule has 150 valence electrons. The van der Waals surface area contributed by atoms with Gasteiger partial charge in [-0.15, -0.1) is 0 Å². The topological polar surface area (TPSA) is 172 Å². The monoisotopic (exact) mass is 384 g/mol. The van der Waals surface area contributed by atoms with Crippen molar-refractivity contribution in [1.29, 1.82) is 0 Å². The Balaban J connectivity index is 2.11. The molecule has 1 unspecified atom stereocenters. The Kier molecular flexibility index (Phi) is 7.11. The third-order valence-corrected chi connectivity index (χ3v) is 4.20. The van der Waals surface area contributed by atoms with Crippen molar-refractivity contribution in [1.82, 2.24) is 5.32 Å². The van der Waals surface area contributed by atoms with E-state index in [9.17, 15) is 24.9 Å². The third kappa shape index (κ3) is 5.37. The summed E-state index contributed by atoms with van der Waals surface area (Å²) >= 11 is 0. The zero-order valence-electron chi connectivity index (χ0n) is 14.7. The van der Waals surface area contributed by atoms with Gasteiger partial charge < -0.3 is 41.0 Å². The molecule has 1 fully saturated rings. The van der Waals surface area contributed by atoms with Crippen LogP contribution in [0.4, 0.5) is 0 Å². The Morgan fingerprint density at radius 2 is 1.89 bits per heavy atom. The molecule has 1 amide bonds. The first-order valence-electron chi connectivity index (χ1n) is 8.36. The maximum Gasteiger partial charge on any atom is 0.320 e. The number of hydrogen-bond acceptors (Lipinski definition) is 8. The van der Waals surface area contributed by atoms with E-state index in [0.29, 0.717) is 11.3 Å². The molecule has 1 saturated heterocycles. The van der Waals surface area contributed by atoms with Crippen molar-refractivity contribution in [2.24, 2.45) is 5.73 Å². The van der Waals surface area contributed by atoms with Crippen LogP contribution in [0.1, 0.15) is 12.5 Å². The molecule has 27 heavy (non-hydrogen) atoms. The molecule has 1 aliphatic rings. The standard InChI is InChI=1S/C17H24N2O8/c1-8(21)19-13-15(23)14(22)12(7-20)27-17(13)26-10-4-2-9(3-5-10)6-11(18)16(24)25/h2-5,11-15,17,20,22-23H,6-7,18H2,1H3,(H,19,21)(H,24,25)/t11-,12+,13+,14+,15+,17?/m0/s1. The van der Waals surface area contributed by atoms with Crippen molar-refractivity contribution in [3.05, 3.63) is 29.8 Å². The van der Waals surface area contributed by atoms with Gasteiger partial charge in [0.15, 0.2) is 0 Å². The maximum atomic E-state index is 11.4. The van der Waals surface area contributed by atoms with Gasteiger partial charge in [-0.2, -0.15) is 0 Å². The zero-order valence-corrected chi connectivity index (χ0v) is 14.7. The summed E-state index contributed by atoms with van der Waals surface area (Å²) in [4.78, 5) is 22.2. The SMILES string of the molecule is CC(=O)N[C@H]1C(Oc2ccc(C[C@H](N)C(=O)O)cc2)O[C@H](CO)[C@@H](O)[C@@H]1O. The number of aliphatic hydroxyl groups is 3. The molecule has 1 heterocycles. The van der Waals surface area contributed by atoms with E-state index in [-0.39, 0.29) is 6.42 Å². The quantitative estimate of drug-likeness (QED) is 0.310. The minimum Gasteiger partial charge on any atom is -0.480 e. The number of nitrogens with two attached hydrogens (primary N) is 1. The molecule has 0 radical (unpaired) electrons. The van der Waals surface area contributed by atoms with Crippen LogP contribution in [0.2, 0.25) is 0 Å². The van der Waals surface area contributed by atoms with Crippen molar-refractivity contribution in [3.8, 4) is 5.75 Å². The van der Waals surface area contributed by atoms with Gasteiger partial charge in [-0.25, -0.2) is 0 Å². The molecule has 7 N–H and O–H groups in total. The van der Waals surface area contributed by atoms with Gasteiger partial charge in [0.2, 0.25) is 12.2 Å². The van der Waals surface area contributed by atoms with E-state index >= 15 is 0 Å². The fraction of sp³-hybridized carbons (Fsp3) is 0.529. The van der Waals surface area contributed by atoms with E-state index in [0.717, 1.165) is 0 Å². The van der Waals surface area contributed by atoms with Gasteiger partial charge in [0.25, 0.3) is 0 Å². The summed E-state index contributed by atoms with van der Waals surface area (Å²) in [5.41, 5.74) is 6.18. The molecule has 1 aromatic carbocycles. The van der Waals surface area contributed by atoms with Gasteiger partial charge >= 0.3 is 5.97 Å². The number of hydrogen-bond donors (Lipinski definition) is 6. The van der Waals surface area contributed by atoms with Crippen LogP contribution in [0.3, 0.4) is 0 Å². The number of carbonyl (C=O) groups excluding carboxylic acids is 1. The number of benzene rings is 1. The number of carboxylic acids is 1. The minimum atomic E-state index is -1.40. The molecule has 10 nitrogen and oxygen atoms in total. The molecular formula is C17H24N2O8. The van der Waals surface area contributed by atoms with Crippen LogP contribution in [0.5, 0.6) is 5.75 Å². The van der Waals surface area contributed by atoms with Crippen LogP contribution in [0.25, 0.3) is 0 Å². The van der Waals surface area contributed by atoms with Crippen molar-refractivity contribution in [2.75, 3.05) is 6.61 Å². The van der Waals surface area contributed by atoms with Crippen molar-refractivity contribution in [3.63, 3.8) is 0 Å². The molecule has 10 heteroatoms. The smallest absolute Gasteiger partial charge is 0.320 e. The summed E-state index contributed by atoms with van der Waals surface area (Å²) < 4.78 is 11.1. The van der Waals surface area contributed by atoms with E-state index in [1.807, 2.05) is 0 Å². The molecule has 0 aromatic heterocycles. The lowest BCUT2D eigenvalue weighted by molar-refractivity contribution is -0.244. The maximum absolute atomic E-state index is 11.4. The first-order chi connectivity index (χ1) is 12.7. The van der Waals surface area contributed by atoms with Gasteiger partial charge in [0, 0.05) is 6.92 Å². The van der Waals surface area contributed by atoms with Crippen LogP contribution in [0, 0.1) is 0 Å². The predicted octanol–water partition coefficient (Wildman–Crippen LogP) is -2.04. The lowest BCUT2D eigenvalue weighted by Gasteiger charge is -2.42. The lowest BCUT2D eigenvalue weighted by Crippen LogP contribution is -2.65. The highest BCUT2D eigenvalue weighted by Gasteiger charge is 2.46. The highest BCUT2D eigenvalue weighted by atomic mass is 16.7. The Bertz CT molecular complexity index is 653.